The number of nitrogens with zero attached hydrogens (tertiary/aromatic N) is 3. The number of hydrogen-bond acceptors (Lipinski definition) is 7. The zero-order valence-electron chi connectivity index (χ0n) is 18.5. The van der Waals surface area contributed by atoms with E-state index in [4.69, 9.17) is 20.8 Å². The van der Waals surface area contributed by atoms with Crippen LogP contribution in [0.1, 0.15) is 18.0 Å². The van der Waals surface area contributed by atoms with Crippen molar-refractivity contribution in [1.82, 2.24) is 20.2 Å². The molecule has 1 aliphatic rings. The smallest absolute Gasteiger partial charge is 0.319 e. The fraction of sp³-hybridized carbons (Fsp3) is 0.304. The van der Waals surface area contributed by atoms with Gasteiger partial charge in [-0.2, -0.15) is 4.98 Å². The van der Waals surface area contributed by atoms with Gasteiger partial charge in [0.2, 0.25) is 5.91 Å². The van der Waals surface area contributed by atoms with Crippen LogP contribution in [0.5, 0.6) is 5.75 Å². The quantitative estimate of drug-likeness (QED) is 0.470. The number of carbonyl (C=O) groups excluding carboxylic acids is 2. The molecule has 0 aliphatic carbocycles. The fourth-order valence-corrected chi connectivity index (χ4v) is 4.02. The molecule has 1 aliphatic heterocycles. The first-order chi connectivity index (χ1) is 16.5. The molecule has 2 aromatic heterocycles. The van der Waals surface area contributed by atoms with E-state index in [1.165, 1.54) is 12.7 Å². The number of oxazole rings is 1. The number of pyridine rings is 1. The lowest BCUT2D eigenvalue weighted by atomic mass is 9.88. The van der Waals surface area contributed by atoms with Crippen LogP contribution < -0.4 is 20.7 Å². The summed E-state index contributed by atoms with van der Waals surface area (Å²) in [6, 6.07) is 10.1. The molecule has 4 rings (SSSR count). The van der Waals surface area contributed by atoms with Gasteiger partial charge >= 0.3 is 6.03 Å². The number of halogens is 1. The number of piperidine rings is 1. The summed E-state index contributed by atoms with van der Waals surface area (Å²) in [5, 5.41) is 9.20. The third-order valence-corrected chi connectivity index (χ3v) is 5.81. The SMILES string of the molecule is COc1ccc([C@@H]2CN(CC(=O)Nc3cocn3)CC[C@H]2NC(=O)Nc2ccc(Cl)cc2)nc1. The number of nitrogens with one attached hydrogen (secondary N) is 3. The van der Waals surface area contributed by atoms with Gasteiger partial charge in [-0.25, -0.2) is 4.79 Å². The van der Waals surface area contributed by atoms with Gasteiger partial charge < -0.3 is 25.1 Å². The minimum atomic E-state index is -0.317. The highest BCUT2D eigenvalue weighted by molar-refractivity contribution is 6.30. The number of anilines is 2. The first-order valence-corrected chi connectivity index (χ1v) is 11.1. The average molecular weight is 485 g/mol. The number of aromatic nitrogens is 2. The van der Waals surface area contributed by atoms with E-state index in [2.05, 4.69) is 25.9 Å². The highest BCUT2D eigenvalue weighted by Crippen LogP contribution is 2.27. The van der Waals surface area contributed by atoms with Crippen molar-refractivity contribution in [2.45, 2.75) is 18.4 Å². The van der Waals surface area contributed by atoms with E-state index in [9.17, 15) is 9.59 Å². The van der Waals surface area contributed by atoms with Crippen molar-refractivity contribution in [2.75, 3.05) is 37.4 Å². The second-order valence-corrected chi connectivity index (χ2v) is 8.32. The van der Waals surface area contributed by atoms with Crippen LogP contribution in [0.2, 0.25) is 5.02 Å². The zero-order valence-corrected chi connectivity index (χ0v) is 19.3. The Hall–Kier alpha value is -3.63. The van der Waals surface area contributed by atoms with Crippen LogP contribution in [0.3, 0.4) is 0 Å². The summed E-state index contributed by atoms with van der Waals surface area (Å²) in [5.74, 6) is 0.694. The Balaban J connectivity index is 1.43. The van der Waals surface area contributed by atoms with E-state index in [0.29, 0.717) is 41.8 Å². The summed E-state index contributed by atoms with van der Waals surface area (Å²) in [4.78, 5) is 35.6. The van der Waals surface area contributed by atoms with Gasteiger partial charge in [0.15, 0.2) is 12.2 Å². The molecule has 34 heavy (non-hydrogen) atoms. The first-order valence-electron chi connectivity index (χ1n) is 10.7. The number of urea groups is 1. The predicted molar refractivity (Wildman–Crippen MR) is 127 cm³/mol. The van der Waals surface area contributed by atoms with Crippen molar-refractivity contribution < 1.29 is 18.7 Å². The second-order valence-electron chi connectivity index (χ2n) is 7.89. The Morgan fingerprint density at radius 3 is 2.68 bits per heavy atom. The molecule has 1 saturated heterocycles. The van der Waals surface area contributed by atoms with Crippen LogP contribution in [-0.4, -0.2) is 59.6 Å². The summed E-state index contributed by atoms with van der Waals surface area (Å²) in [6.45, 7) is 1.35. The van der Waals surface area contributed by atoms with Gasteiger partial charge in [0.25, 0.3) is 0 Å². The molecule has 0 bridgehead atoms. The summed E-state index contributed by atoms with van der Waals surface area (Å²) in [5.41, 5.74) is 1.45. The lowest BCUT2D eigenvalue weighted by Crippen LogP contribution is -2.52. The zero-order chi connectivity index (χ0) is 23.9. The maximum atomic E-state index is 12.7. The first kappa shape index (κ1) is 23.5. The number of ether oxygens (including phenoxy) is 1. The molecule has 0 radical (unpaired) electrons. The molecule has 3 amide bonds. The number of amides is 3. The average Bonchev–Trinajstić information content (AvgIpc) is 3.34. The monoisotopic (exact) mass is 484 g/mol. The Morgan fingerprint density at radius 2 is 2.00 bits per heavy atom. The van der Waals surface area contributed by atoms with Gasteiger partial charge in [0.05, 0.1) is 19.9 Å². The Bertz CT molecular complexity index is 1090. The second kappa shape index (κ2) is 11.0. The lowest BCUT2D eigenvalue weighted by Gasteiger charge is -2.38. The molecule has 0 unspecified atom stereocenters. The number of benzene rings is 1. The van der Waals surface area contributed by atoms with E-state index >= 15 is 0 Å². The van der Waals surface area contributed by atoms with Crippen LogP contribution in [0, 0.1) is 0 Å². The summed E-state index contributed by atoms with van der Waals surface area (Å²) >= 11 is 5.92. The van der Waals surface area contributed by atoms with E-state index < -0.39 is 0 Å². The number of likely N-dealkylation sites (tertiary alicyclic amines) is 1. The van der Waals surface area contributed by atoms with Crippen molar-refractivity contribution in [3.63, 3.8) is 0 Å². The lowest BCUT2D eigenvalue weighted by molar-refractivity contribution is -0.117. The molecule has 3 N–H and O–H groups in total. The molecule has 0 spiro atoms. The highest BCUT2D eigenvalue weighted by Gasteiger charge is 2.33. The van der Waals surface area contributed by atoms with Gasteiger partial charge in [-0.1, -0.05) is 11.6 Å². The topological polar surface area (TPSA) is 122 Å². The maximum absolute atomic E-state index is 12.7. The molecule has 0 saturated carbocycles. The van der Waals surface area contributed by atoms with Crippen molar-refractivity contribution >= 4 is 35.0 Å². The van der Waals surface area contributed by atoms with Gasteiger partial charge in [-0.15, -0.1) is 0 Å². The van der Waals surface area contributed by atoms with Crippen molar-refractivity contribution in [1.29, 1.82) is 0 Å². The summed E-state index contributed by atoms with van der Waals surface area (Å²) in [7, 11) is 1.58. The minimum Gasteiger partial charge on any atom is -0.495 e. The maximum Gasteiger partial charge on any atom is 0.319 e. The fourth-order valence-electron chi connectivity index (χ4n) is 3.90. The number of carbonyl (C=O) groups is 2. The summed E-state index contributed by atoms with van der Waals surface area (Å²) in [6.07, 6.45) is 4.92. The number of rotatable bonds is 7. The number of methoxy groups -OCH3 is 1. The van der Waals surface area contributed by atoms with Crippen molar-refractivity contribution in [3.05, 3.63) is 66.0 Å². The molecule has 1 fully saturated rings. The Labute approximate surface area is 201 Å². The standard InChI is InChI=1S/C23H25ClN6O4/c1-33-17-6-7-19(25-10-17)18-11-30(12-22(31)29-21-13-34-14-26-21)9-8-20(18)28-23(32)27-16-4-2-15(24)3-5-16/h2-7,10,13-14,18,20H,8-9,11-12H2,1H3,(H,29,31)(H2,27,28,32)/t18-,20+/m0/s1. The summed E-state index contributed by atoms with van der Waals surface area (Å²) < 4.78 is 10.1. The molecule has 3 aromatic rings. The molecular weight excluding hydrogens is 460 g/mol. The molecule has 11 heteroatoms. The number of hydrogen-bond donors (Lipinski definition) is 3. The Kier molecular flexibility index (Phi) is 7.61. The van der Waals surface area contributed by atoms with E-state index in [0.717, 1.165) is 5.69 Å². The minimum absolute atomic E-state index is 0.129. The van der Waals surface area contributed by atoms with Crippen LogP contribution >= 0.6 is 11.6 Å². The van der Waals surface area contributed by atoms with E-state index in [1.807, 2.05) is 17.0 Å². The van der Waals surface area contributed by atoms with Gasteiger partial charge in [-0.05, 0) is 42.8 Å². The highest BCUT2D eigenvalue weighted by atomic mass is 35.5. The normalized spacial score (nSPS) is 18.2. The Morgan fingerprint density at radius 1 is 1.18 bits per heavy atom. The van der Waals surface area contributed by atoms with Crippen LogP contribution in [0.25, 0.3) is 0 Å². The van der Waals surface area contributed by atoms with E-state index in [-0.39, 0.29) is 30.4 Å². The van der Waals surface area contributed by atoms with Crippen LogP contribution in [-0.2, 0) is 4.79 Å². The molecule has 3 heterocycles. The molecule has 10 nitrogen and oxygen atoms in total. The molecule has 2 atom stereocenters. The molecule has 1 aromatic carbocycles. The third kappa shape index (κ3) is 6.24. The molecule has 178 valence electrons. The van der Waals surface area contributed by atoms with Gasteiger partial charge in [-0.3, -0.25) is 14.7 Å². The van der Waals surface area contributed by atoms with Gasteiger partial charge in [0.1, 0.15) is 12.0 Å². The van der Waals surface area contributed by atoms with Crippen molar-refractivity contribution in [3.8, 4) is 5.75 Å². The van der Waals surface area contributed by atoms with Gasteiger partial charge in [0, 0.05) is 41.5 Å². The largest absolute Gasteiger partial charge is 0.495 e. The van der Waals surface area contributed by atoms with E-state index in [1.54, 1.807) is 37.6 Å². The predicted octanol–water partition coefficient (Wildman–Crippen LogP) is 3.35. The van der Waals surface area contributed by atoms with Crippen LogP contribution in [0.15, 0.2) is 59.7 Å². The van der Waals surface area contributed by atoms with Crippen molar-refractivity contribution in [2.24, 2.45) is 0 Å². The third-order valence-electron chi connectivity index (χ3n) is 5.56. The molecular formula is C23H25ClN6O4. The van der Waals surface area contributed by atoms with Crippen LogP contribution in [0.4, 0.5) is 16.3 Å².